The van der Waals surface area contributed by atoms with Crippen molar-refractivity contribution in [1.29, 1.82) is 0 Å². The Bertz CT molecular complexity index is 1230. The summed E-state index contributed by atoms with van der Waals surface area (Å²) in [6.45, 7) is 0.421. The molecule has 3 aromatic heterocycles. The number of hydrogen-bond acceptors (Lipinski definition) is 7. The number of carbonyl (C=O) groups excluding carboxylic acids is 2. The minimum atomic E-state index is -0.628. The molecule has 11 heteroatoms. The summed E-state index contributed by atoms with van der Waals surface area (Å²) < 4.78 is 2.22. The molecule has 1 aliphatic rings. The van der Waals surface area contributed by atoms with Gasteiger partial charge in [0, 0.05) is 32.2 Å². The number of thiazole rings is 1. The summed E-state index contributed by atoms with van der Waals surface area (Å²) >= 11 is 1.30. The van der Waals surface area contributed by atoms with Crippen LogP contribution in [0.15, 0.2) is 33.3 Å². The van der Waals surface area contributed by atoms with Gasteiger partial charge in [-0.2, -0.15) is 0 Å². The first-order valence-corrected chi connectivity index (χ1v) is 9.84. The first-order chi connectivity index (χ1) is 13.9. The molecule has 29 heavy (non-hydrogen) atoms. The lowest BCUT2D eigenvalue weighted by atomic mass is 10.2. The molecule has 4 heterocycles. The van der Waals surface area contributed by atoms with E-state index in [0.717, 1.165) is 4.57 Å². The highest BCUT2D eigenvalue weighted by atomic mass is 32.1. The smallest absolute Gasteiger partial charge is 0.325 e. The van der Waals surface area contributed by atoms with Gasteiger partial charge >= 0.3 is 5.69 Å². The predicted octanol–water partition coefficient (Wildman–Crippen LogP) is 0.332. The number of fused-ring (bicyclic) bond motifs is 1. The maximum absolute atomic E-state index is 13.1. The fourth-order valence-electron chi connectivity index (χ4n) is 3.48. The Kier molecular flexibility index (Phi) is 4.74. The molecule has 0 bridgehead atoms. The molecule has 1 fully saturated rings. The van der Waals surface area contributed by atoms with E-state index in [1.807, 2.05) is 0 Å². The van der Waals surface area contributed by atoms with Gasteiger partial charge in [-0.25, -0.2) is 14.8 Å². The average molecular weight is 414 g/mol. The highest BCUT2D eigenvalue weighted by Crippen LogP contribution is 2.22. The topological polar surface area (TPSA) is 119 Å². The summed E-state index contributed by atoms with van der Waals surface area (Å²) in [4.78, 5) is 59.9. The quantitative estimate of drug-likeness (QED) is 0.660. The van der Waals surface area contributed by atoms with Gasteiger partial charge in [0.15, 0.2) is 5.13 Å². The third-order valence-electron chi connectivity index (χ3n) is 5.00. The van der Waals surface area contributed by atoms with Gasteiger partial charge in [-0.05, 0) is 25.0 Å². The third-order valence-corrected chi connectivity index (χ3v) is 5.69. The number of likely N-dealkylation sites (tertiary alicyclic amines) is 1. The molecule has 1 aliphatic heterocycles. The molecule has 3 aromatic rings. The third kappa shape index (κ3) is 3.23. The first kappa shape index (κ1) is 19.0. The Morgan fingerprint density at radius 1 is 1.21 bits per heavy atom. The fourth-order valence-corrected chi connectivity index (χ4v) is 4.01. The van der Waals surface area contributed by atoms with Crippen LogP contribution in [0.1, 0.15) is 23.3 Å². The summed E-state index contributed by atoms with van der Waals surface area (Å²) in [6.07, 6.45) is 2.81. The Morgan fingerprint density at radius 2 is 2.00 bits per heavy atom. The zero-order valence-corrected chi connectivity index (χ0v) is 16.6. The van der Waals surface area contributed by atoms with Crippen LogP contribution < -0.4 is 16.6 Å². The lowest BCUT2D eigenvalue weighted by Crippen LogP contribution is -2.43. The summed E-state index contributed by atoms with van der Waals surface area (Å²) in [5.74, 6) is -0.718. The van der Waals surface area contributed by atoms with Crippen LogP contribution in [0.25, 0.3) is 11.0 Å². The minimum Gasteiger partial charge on any atom is -0.325 e. The van der Waals surface area contributed by atoms with E-state index in [1.54, 1.807) is 11.6 Å². The molecule has 0 saturated carbocycles. The summed E-state index contributed by atoms with van der Waals surface area (Å²) in [5, 5.41) is 5.19. The maximum atomic E-state index is 13.1. The molecular formula is C18H18N6O4S. The van der Waals surface area contributed by atoms with Crippen molar-refractivity contribution in [1.82, 2.24) is 24.0 Å². The summed E-state index contributed by atoms with van der Waals surface area (Å²) in [5.41, 5.74) is -0.792. The van der Waals surface area contributed by atoms with Crippen molar-refractivity contribution in [3.63, 3.8) is 0 Å². The normalized spacial score (nSPS) is 16.3. The molecule has 1 unspecified atom stereocenters. The number of pyridine rings is 1. The van der Waals surface area contributed by atoms with Gasteiger partial charge < -0.3 is 10.2 Å². The number of rotatable bonds is 3. The van der Waals surface area contributed by atoms with Crippen LogP contribution in [0.4, 0.5) is 5.13 Å². The van der Waals surface area contributed by atoms with Crippen molar-refractivity contribution in [2.45, 2.75) is 18.9 Å². The summed E-state index contributed by atoms with van der Waals surface area (Å²) in [6, 6.07) is 2.30. The van der Waals surface area contributed by atoms with Crippen molar-refractivity contribution in [2.24, 2.45) is 14.1 Å². The first-order valence-electron chi connectivity index (χ1n) is 8.96. The largest absolute Gasteiger partial charge is 0.332 e. The number of hydrogen-bond donors (Lipinski definition) is 1. The van der Waals surface area contributed by atoms with E-state index < -0.39 is 23.2 Å². The molecule has 1 saturated heterocycles. The second-order valence-corrected chi connectivity index (χ2v) is 7.65. The van der Waals surface area contributed by atoms with Crippen LogP contribution in [0, 0.1) is 0 Å². The van der Waals surface area contributed by atoms with E-state index >= 15 is 0 Å². The lowest BCUT2D eigenvalue weighted by Gasteiger charge is -2.23. The van der Waals surface area contributed by atoms with Gasteiger partial charge in [-0.15, -0.1) is 11.3 Å². The Labute approximate surface area is 168 Å². The molecule has 0 spiro atoms. The molecule has 4 rings (SSSR count). The molecule has 0 aliphatic carbocycles. The summed E-state index contributed by atoms with van der Waals surface area (Å²) in [7, 11) is 2.88. The number of anilines is 1. The van der Waals surface area contributed by atoms with Crippen molar-refractivity contribution in [3.8, 4) is 0 Å². The Balaban J connectivity index is 1.66. The van der Waals surface area contributed by atoms with Gasteiger partial charge in [-0.1, -0.05) is 0 Å². The van der Waals surface area contributed by atoms with Crippen LogP contribution in [-0.4, -0.2) is 48.4 Å². The predicted molar refractivity (Wildman–Crippen MR) is 107 cm³/mol. The van der Waals surface area contributed by atoms with Crippen LogP contribution in [0.2, 0.25) is 0 Å². The van der Waals surface area contributed by atoms with E-state index in [9.17, 15) is 19.2 Å². The minimum absolute atomic E-state index is 0.0784. The van der Waals surface area contributed by atoms with Crippen molar-refractivity contribution in [3.05, 3.63) is 50.2 Å². The van der Waals surface area contributed by atoms with Crippen molar-refractivity contribution >= 4 is 39.3 Å². The number of nitrogens with zero attached hydrogens (tertiary/aromatic N) is 5. The van der Waals surface area contributed by atoms with E-state index in [1.165, 1.54) is 47.0 Å². The molecular weight excluding hydrogens is 396 g/mol. The van der Waals surface area contributed by atoms with E-state index in [0.29, 0.717) is 24.5 Å². The Hall–Kier alpha value is -3.34. The second-order valence-electron chi connectivity index (χ2n) is 6.76. The molecule has 0 radical (unpaired) electrons. The van der Waals surface area contributed by atoms with Gasteiger partial charge in [-0.3, -0.25) is 23.5 Å². The fraction of sp³-hybridized carbons (Fsp3) is 0.333. The van der Waals surface area contributed by atoms with E-state index in [-0.39, 0.29) is 22.6 Å². The van der Waals surface area contributed by atoms with Crippen LogP contribution >= 0.6 is 11.3 Å². The Morgan fingerprint density at radius 3 is 2.72 bits per heavy atom. The highest BCUT2D eigenvalue weighted by Gasteiger charge is 2.35. The highest BCUT2D eigenvalue weighted by molar-refractivity contribution is 7.13. The number of nitrogens with one attached hydrogen (secondary N) is 1. The molecule has 1 N–H and O–H groups in total. The van der Waals surface area contributed by atoms with Gasteiger partial charge in [0.2, 0.25) is 5.91 Å². The molecule has 2 amide bonds. The SMILES string of the molecule is Cn1c(=O)c2ccc(C(=O)N3CCCC3C(=O)Nc3nccs3)nc2n(C)c1=O. The van der Waals surface area contributed by atoms with Gasteiger partial charge in [0.25, 0.3) is 11.5 Å². The monoisotopic (exact) mass is 414 g/mol. The van der Waals surface area contributed by atoms with Crippen LogP contribution in [0.3, 0.4) is 0 Å². The van der Waals surface area contributed by atoms with E-state index in [2.05, 4.69) is 15.3 Å². The molecule has 0 aromatic carbocycles. The molecule has 150 valence electrons. The van der Waals surface area contributed by atoms with Crippen molar-refractivity contribution < 1.29 is 9.59 Å². The zero-order valence-electron chi connectivity index (χ0n) is 15.8. The standard InChI is InChI=1S/C18H18N6O4S/c1-22-13-10(15(26)23(2)18(22)28)5-6-11(20-13)16(27)24-8-3-4-12(24)14(25)21-17-19-7-9-29-17/h5-7,9,12H,3-4,8H2,1-2H3,(H,19,21,25). The maximum Gasteiger partial charge on any atom is 0.332 e. The van der Waals surface area contributed by atoms with Gasteiger partial charge in [0.1, 0.15) is 17.4 Å². The number of aromatic nitrogens is 4. The zero-order chi connectivity index (χ0) is 20.7. The number of aryl methyl sites for hydroxylation is 1. The van der Waals surface area contributed by atoms with Crippen LogP contribution in [-0.2, 0) is 18.9 Å². The second kappa shape index (κ2) is 7.24. The average Bonchev–Trinajstić information content (AvgIpc) is 3.41. The molecule has 1 atom stereocenters. The van der Waals surface area contributed by atoms with Gasteiger partial charge in [0.05, 0.1) is 5.39 Å². The number of carbonyl (C=O) groups is 2. The lowest BCUT2D eigenvalue weighted by molar-refractivity contribution is -0.119. The number of amides is 2. The van der Waals surface area contributed by atoms with E-state index in [4.69, 9.17) is 0 Å². The van der Waals surface area contributed by atoms with Crippen molar-refractivity contribution in [2.75, 3.05) is 11.9 Å². The van der Waals surface area contributed by atoms with Crippen LogP contribution in [0.5, 0.6) is 0 Å². The molecule has 10 nitrogen and oxygen atoms in total.